The SMILES string of the molecule is NC(N)=NCCC[C@@H](C=O)N(C(=O)C1CCCCN1)C(=O)[C@@H](CO)NC(=O)OCc1ccccc1. The van der Waals surface area contributed by atoms with Crippen LogP contribution < -0.4 is 22.1 Å². The lowest BCUT2D eigenvalue weighted by molar-refractivity contribution is -0.153. The van der Waals surface area contributed by atoms with Gasteiger partial charge in [-0.15, -0.1) is 0 Å². The van der Waals surface area contributed by atoms with Crippen molar-refractivity contribution in [1.82, 2.24) is 15.5 Å². The van der Waals surface area contributed by atoms with E-state index in [-0.39, 0.29) is 25.5 Å². The topological polar surface area (TPSA) is 189 Å². The molecule has 1 unspecified atom stereocenters. The summed E-state index contributed by atoms with van der Waals surface area (Å²) >= 11 is 0. The molecule has 12 heteroatoms. The van der Waals surface area contributed by atoms with Crippen molar-refractivity contribution in [2.75, 3.05) is 19.7 Å². The summed E-state index contributed by atoms with van der Waals surface area (Å²) in [6.45, 7) is -0.0314. The summed E-state index contributed by atoms with van der Waals surface area (Å²) in [5.41, 5.74) is 11.4. The molecule has 0 aromatic heterocycles. The Bertz CT molecular complexity index is 871. The van der Waals surface area contributed by atoms with Gasteiger partial charge in [-0.1, -0.05) is 36.8 Å². The number of hydrogen-bond acceptors (Lipinski definition) is 8. The Morgan fingerprint density at radius 3 is 2.60 bits per heavy atom. The van der Waals surface area contributed by atoms with Gasteiger partial charge in [-0.25, -0.2) is 4.79 Å². The molecule has 3 atom stereocenters. The van der Waals surface area contributed by atoms with Crippen molar-refractivity contribution in [2.45, 2.75) is 56.8 Å². The zero-order valence-corrected chi connectivity index (χ0v) is 19.6. The fourth-order valence-electron chi connectivity index (χ4n) is 3.69. The number of amides is 3. The third-order valence-corrected chi connectivity index (χ3v) is 5.51. The number of imide groups is 1. The zero-order chi connectivity index (χ0) is 25.6. The Hall–Kier alpha value is -3.51. The first-order valence-corrected chi connectivity index (χ1v) is 11.6. The molecule has 192 valence electrons. The third-order valence-electron chi connectivity index (χ3n) is 5.51. The number of rotatable bonds is 12. The van der Waals surface area contributed by atoms with E-state index in [0.717, 1.165) is 23.3 Å². The molecule has 0 radical (unpaired) electrons. The number of hydrogen-bond donors (Lipinski definition) is 5. The van der Waals surface area contributed by atoms with Gasteiger partial charge in [0.05, 0.1) is 18.7 Å². The molecule has 12 nitrogen and oxygen atoms in total. The molecule has 1 aliphatic heterocycles. The van der Waals surface area contributed by atoms with Gasteiger partial charge in [-0.05, 0) is 37.8 Å². The van der Waals surface area contributed by atoms with Gasteiger partial charge in [0.15, 0.2) is 5.96 Å². The smallest absolute Gasteiger partial charge is 0.408 e. The van der Waals surface area contributed by atoms with Crippen LogP contribution in [0.1, 0.15) is 37.7 Å². The second-order valence-corrected chi connectivity index (χ2v) is 8.14. The molecule has 1 fully saturated rings. The van der Waals surface area contributed by atoms with Gasteiger partial charge < -0.3 is 36.7 Å². The summed E-state index contributed by atoms with van der Waals surface area (Å²) < 4.78 is 5.12. The normalized spacial score (nSPS) is 16.9. The van der Waals surface area contributed by atoms with Crippen molar-refractivity contribution in [3.8, 4) is 0 Å². The van der Waals surface area contributed by atoms with Gasteiger partial charge in [0.2, 0.25) is 5.91 Å². The summed E-state index contributed by atoms with van der Waals surface area (Å²) in [7, 11) is 0. The van der Waals surface area contributed by atoms with E-state index in [4.69, 9.17) is 16.2 Å². The van der Waals surface area contributed by atoms with Crippen LogP contribution >= 0.6 is 0 Å². The molecule has 2 rings (SSSR count). The molecule has 0 spiro atoms. The van der Waals surface area contributed by atoms with Crippen LogP contribution in [0.2, 0.25) is 0 Å². The number of aliphatic imine (C=N–C) groups is 1. The van der Waals surface area contributed by atoms with Gasteiger partial charge in [0.1, 0.15) is 18.9 Å². The fourth-order valence-corrected chi connectivity index (χ4v) is 3.69. The molecule has 0 saturated carbocycles. The maximum atomic E-state index is 13.3. The minimum atomic E-state index is -1.48. The lowest BCUT2D eigenvalue weighted by Gasteiger charge is -2.34. The number of alkyl carbamates (subject to hydrolysis) is 1. The highest BCUT2D eigenvalue weighted by atomic mass is 16.5. The highest BCUT2D eigenvalue weighted by Crippen LogP contribution is 2.16. The highest BCUT2D eigenvalue weighted by molar-refractivity contribution is 6.03. The summed E-state index contributed by atoms with van der Waals surface area (Å²) in [6, 6.07) is 5.65. The number of aliphatic hydroxyl groups excluding tert-OH is 1. The Balaban J connectivity index is 2.13. The molecular formula is C23H34N6O6. The summed E-state index contributed by atoms with van der Waals surface area (Å²) in [5, 5.41) is 15.2. The van der Waals surface area contributed by atoms with Crippen LogP contribution in [-0.4, -0.2) is 78.0 Å². The van der Waals surface area contributed by atoms with Crippen molar-refractivity contribution >= 4 is 30.2 Å². The standard InChI is InChI=1S/C23H34N6O6/c24-22(25)27-12-6-9-17(13-30)29(20(32)18-10-4-5-11-26-18)21(33)19(14-31)28-23(34)35-15-16-7-2-1-3-8-16/h1-3,7-8,13,17-19,26,31H,4-6,9-12,14-15H2,(H,28,34)(H4,24,25,27)/t17-,18?,19+/m0/s1. The van der Waals surface area contributed by atoms with Crippen LogP contribution in [0.25, 0.3) is 0 Å². The number of nitrogens with zero attached hydrogens (tertiary/aromatic N) is 2. The average Bonchev–Trinajstić information content (AvgIpc) is 2.88. The Morgan fingerprint density at radius 1 is 1.26 bits per heavy atom. The number of piperidine rings is 1. The number of carbonyl (C=O) groups is 4. The Labute approximate surface area is 204 Å². The summed E-state index contributed by atoms with van der Waals surface area (Å²) in [4.78, 5) is 55.5. The van der Waals surface area contributed by atoms with E-state index in [1.54, 1.807) is 24.3 Å². The molecule has 1 saturated heterocycles. The second kappa shape index (κ2) is 14.7. The number of benzene rings is 1. The first-order valence-electron chi connectivity index (χ1n) is 11.6. The van der Waals surface area contributed by atoms with Gasteiger partial charge in [0, 0.05) is 6.54 Å². The number of nitrogens with two attached hydrogens (primary N) is 2. The largest absolute Gasteiger partial charge is 0.445 e. The van der Waals surface area contributed by atoms with Crippen LogP contribution in [0.15, 0.2) is 35.3 Å². The van der Waals surface area contributed by atoms with Crippen molar-refractivity contribution in [2.24, 2.45) is 16.5 Å². The molecule has 1 aliphatic rings. The minimum Gasteiger partial charge on any atom is -0.445 e. The predicted molar refractivity (Wildman–Crippen MR) is 128 cm³/mol. The number of aliphatic hydroxyl groups is 1. The molecule has 1 heterocycles. The number of nitrogens with one attached hydrogen (secondary N) is 2. The van der Waals surface area contributed by atoms with Gasteiger partial charge >= 0.3 is 6.09 Å². The van der Waals surface area contributed by atoms with Crippen LogP contribution in [0.4, 0.5) is 4.79 Å². The van der Waals surface area contributed by atoms with Crippen LogP contribution in [0, 0.1) is 0 Å². The first kappa shape index (κ1) is 27.7. The third kappa shape index (κ3) is 8.98. The van der Waals surface area contributed by atoms with Crippen LogP contribution in [0.5, 0.6) is 0 Å². The zero-order valence-electron chi connectivity index (χ0n) is 19.6. The number of aldehydes is 1. The molecule has 35 heavy (non-hydrogen) atoms. The summed E-state index contributed by atoms with van der Waals surface area (Å²) in [5.74, 6) is -1.60. The predicted octanol–water partition coefficient (Wildman–Crippen LogP) is -0.608. The van der Waals surface area contributed by atoms with Gasteiger partial charge in [0.25, 0.3) is 5.91 Å². The molecule has 0 bridgehead atoms. The van der Waals surface area contributed by atoms with E-state index in [9.17, 15) is 24.3 Å². The maximum absolute atomic E-state index is 13.3. The lowest BCUT2D eigenvalue weighted by Crippen LogP contribution is -2.60. The maximum Gasteiger partial charge on any atom is 0.408 e. The Morgan fingerprint density at radius 2 is 2.00 bits per heavy atom. The lowest BCUT2D eigenvalue weighted by atomic mass is 10.0. The molecule has 1 aromatic carbocycles. The van der Waals surface area contributed by atoms with Gasteiger partial charge in [-0.2, -0.15) is 0 Å². The molecular weight excluding hydrogens is 456 g/mol. The number of ether oxygens (including phenoxy) is 1. The van der Waals surface area contributed by atoms with Crippen molar-refractivity contribution in [3.63, 3.8) is 0 Å². The first-order chi connectivity index (χ1) is 16.9. The van der Waals surface area contributed by atoms with Crippen LogP contribution in [-0.2, 0) is 25.7 Å². The fraction of sp³-hybridized carbons (Fsp3) is 0.522. The van der Waals surface area contributed by atoms with Crippen LogP contribution in [0.3, 0.4) is 0 Å². The van der Waals surface area contributed by atoms with E-state index in [1.165, 1.54) is 0 Å². The minimum absolute atomic E-state index is 0.0462. The van der Waals surface area contributed by atoms with Crippen molar-refractivity contribution in [1.29, 1.82) is 0 Å². The van der Waals surface area contributed by atoms with Crippen molar-refractivity contribution < 1.29 is 29.0 Å². The van der Waals surface area contributed by atoms with E-state index in [1.807, 2.05) is 6.07 Å². The number of carbonyl (C=O) groups excluding carboxylic acids is 4. The monoisotopic (exact) mass is 490 g/mol. The highest BCUT2D eigenvalue weighted by Gasteiger charge is 2.38. The second-order valence-electron chi connectivity index (χ2n) is 8.14. The Kier molecular flexibility index (Phi) is 11.6. The van der Waals surface area contributed by atoms with E-state index in [0.29, 0.717) is 25.7 Å². The van der Waals surface area contributed by atoms with Crippen molar-refractivity contribution in [3.05, 3.63) is 35.9 Å². The molecule has 7 N–H and O–H groups in total. The quantitative estimate of drug-likeness (QED) is 0.110. The van der Waals surface area contributed by atoms with Gasteiger partial charge in [-0.3, -0.25) is 19.5 Å². The molecule has 0 aliphatic carbocycles. The average molecular weight is 491 g/mol. The van der Waals surface area contributed by atoms with E-state index in [2.05, 4.69) is 15.6 Å². The summed E-state index contributed by atoms with van der Waals surface area (Å²) in [6.07, 6.45) is 2.17. The van der Waals surface area contributed by atoms with E-state index >= 15 is 0 Å². The van der Waals surface area contributed by atoms with E-state index < -0.39 is 42.6 Å². The number of guanidine groups is 1. The molecule has 3 amide bonds. The molecule has 1 aromatic rings.